The molecule has 0 radical (unpaired) electrons. The molecule has 1 unspecified atom stereocenters. The number of amides is 5. The number of likely N-dealkylation sites (N-methyl/N-ethyl adjacent to an activating group) is 1. The number of likely N-dealkylation sites (tertiary alicyclic amines) is 1. The molecule has 0 saturated carbocycles. The average molecular weight is 651 g/mol. The van der Waals surface area contributed by atoms with E-state index in [9.17, 15) is 29.1 Å². The molecule has 2 bridgehead atoms. The number of pyridine rings is 1. The number of carbonyl (C=O) groups excluding carboxylic acids is 5. The normalized spacial score (nSPS) is 23.9. The molecule has 1 aromatic carbocycles. The molecular weight excluding hydrogens is 604 g/mol. The van der Waals surface area contributed by atoms with Crippen LogP contribution < -0.4 is 20.7 Å². The van der Waals surface area contributed by atoms with Gasteiger partial charge < -0.3 is 35.6 Å². The maximum Gasteiger partial charge on any atom is 0.258 e. The van der Waals surface area contributed by atoms with Crippen LogP contribution in [0.3, 0.4) is 0 Å². The van der Waals surface area contributed by atoms with Crippen molar-refractivity contribution in [1.82, 2.24) is 30.7 Å². The third-order valence-corrected chi connectivity index (χ3v) is 9.14. The zero-order valence-corrected chi connectivity index (χ0v) is 27.7. The van der Waals surface area contributed by atoms with Crippen LogP contribution >= 0.6 is 0 Å². The number of hydrogen-bond donors (Lipinski definition) is 4. The molecule has 1 saturated heterocycles. The number of hydrogen-bond acceptors (Lipinski definition) is 8. The first-order valence-corrected chi connectivity index (χ1v) is 16.0. The van der Waals surface area contributed by atoms with E-state index < -0.39 is 54.0 Å². The second-order valence-corrected chi connectivity index (χ2v) is 13.0. The molecule has 2 aliphatic rings. The van der Waals surface area contributed by atoms with E-state index in [0.29, 0.717) is 50.2 Å². The van der Waals surface area contributed by atoms with Crippen molar-refractivity contribution >= 4 is 29.5 Å². The van der Waals surface area contributed by atoms with E-state index in [4.69, 9.17) is 4.74 Å². The maximum absolute atomic E-state index is 13.7. The molecule has 47 heavy (non-hydrogen) atoms. The van der Waals surface area contributed by atoms with Crippen LogP contribution in [0.2, 0.25) is 0 Å². The van der Waals surface area contributed by atoms with Crippen LogP contribution in [0, 0.1) is 11.3 Å². The fourth-order valence-electron chi connectivity index (χ4n) is 5.99. The Balaban J connectivity index is 1.63. The first kappa shape index (κ1) is 35.3. The zero-order valence-electron chi connectivity index (χ0n) is 27.7. The summed E-state index contributed by atoms with van der Waals surface area (Å²) < 4.78 is 5.77. The van der Waals surface area contributed by atoms with Gasteiger partial charge in [0, 0.05) is 44.6 Å². The van der Waals surface area contributed by atoms with Crippen molar-refractivity contribution in [2.75, 3.05) is 33.3 Å². The zero-order chi connectivity index (χ0) is 34.3. The third kappa shape index (κ3) is 8.85. The summed E-state index contributed by atoms with van der Waals surface area (Å²) in [6, 6.07) is 7.50. The van der Waals surface area contributed by atoms with E-state index in [1.807, 2.05) is 36.9 Å². The number of nitrogens with zero attached hydrogens (tertiary/aromatic N) is 3. The van der Waals surface area contributed by atoms with Crippen molar-refractivity contribution in [3.8, 4) is 5.75 Å². The Morgan fingerprint density at radius 3 is 2.32 bits per heavy atom. The number of fused-ring (bicyclic) bond motifs is 2. The Hall–Kier alpha value is -4.52. The molecule has 13 heteroatoms. The van der Waals surface area contributed by atoms with Crippen molar-refractivity contribution < 1.29 is 33.8 Å². The maximum atomic E-state index is 13.7. The Kier molecular flexibility index (Phi) is 11.6. The Morgan fingerprint density at radius 2 is 1.68 bits per heavy atom. The van der Waals surface area contributed by atoms with Crippen LogP contribution in [0.1, 0.15) is 56.5 Å². The highest BCUT2D eigenvalue weighted by Gasteiger charge is 2.39. The van der Waals surface area contributed by atoms with E-state index >= 15 is 0 Å². The Bertz CT molecular complexity index is 1440. The average Bonchev–Trinajstić information content (AvgIpc) is 3.06. The lowest BCUT2D eigenvalue weighted by Crippen LogP contribution is -2.59. The van der Waals surface area contributed by atoms with E-state index in [-0.39, 0.29) is 17.7 Å². The number of benzene rings is 1. The van der Waals surface area contributed by atoms with Gasteiger partial charge in [-0.15, -0.1) is 0 Å². The highest BCUT2D eigenvalue weighted by Crippen LogP contribution is 2.36. The smallest absolute Gasteiger partial charge is 0.258 e. The molecule has 13 nitrogen and oxygen atoms in total. The van der Waals surface area contributed by atoms with Gasteiger partial charge in [-0.2, -0.15) is 0 Å². The highest BCUT2D eigenvalue weighted by atomic mass is 16.5. The minimum Gasteiger partial charge on any atom is -0.484 e. The molecule has 3 heterocycles. The summed E-state index contributed by atoms with van der Waals surface area (Å²) in [5.41, 5.74) is 1.07. The van der Waals surface area contributed by atoms with E-state index in [1.165, 1.54) is 20.9 Å². The minimum absolute atomic E-state index is 0.0750. The van der Waals surface area contributed by atoms with Gasteiger partial charge in [0.25, 0.3) is 11.8 Å². The van der Waals surface area contributed by atoms with Gasteiger partial charge in [0.15, 0.2) is 6.61 Å². The summed E-state index contributed by atoms with van der Waals surface area (Å²) in [5, 5.41) is 18.7. The van der Waals surface area contributed by atoms with Gasteiger partial charge in [-0.05, 0) is 74.3 Å². The molecule has 2 aliphatic heterocycles. The largest absolute Gasteiger partial charge is 0.484 e. The Labute approximate surface area is 275 Å². The van der Waals surface area contributed by atoms with Gasteiger partial charge in [0.1, 0.15) is 23.9 Å². The van der Waals surface area contributed by atoms with Crippen LogP contribution in [-0.4, -0.2) is 107 Å². The summed E-state index contributed by atoms with van der Waals surface area (Å²) in [7, 11) is 1.40. The lowest BCUT2D eigenvalue weighted by atomic mass is 9.73. The second kappa shape index (κ2) is 15.4. The van der Waals surface area contributed by atoms with Crippen molar-refractivity contribution in [2.24, 2.45) is 11.3 Å². The molecule has 1 fully saturated rings. The summed E-state index contributed by atoms with van der Waals surface area (Å²) in [6.07, 6.45) is 3.71. The highest BCUT2D eigenvalue weighted by molar-refractivity contribution is 5.95. The monoisotopic (exact) mass is 650 g/mol. The predicted molar refractivity (Wildman–Crippen MR) is 173 cm³/mol. The first-order chi connectivity index (χ1) is 22.3. The Morgan fingerprint density at radius 1 is 1.00 bits per heavy atom. The lowest BCUT2D eigenvalue weighted by Gasteiger charge is -2.42. The summed E-state index contributed by atoms with van der Waals surface area (Å²) in [6.45, 7) is 7.41. The summed E-state index contributed by atoms with van der Waals surface area (Å²) >= 11 is 0. The van der Waals surface area contributed by atoms with Gasteiger partial charge in [-0.3, -0.25) is 29.0 Å². The minimum atomic E-state index is -1.32. The van der Waals surface area contributed by atoms with E-state index in [0.717, 1.165) is 10.5 Å². The van der Waals surface area contributed by atoms with Crippen LogP contribution in [-0.2, 0) is 25.6 Å². The number of nitrogens with one attached hydrogen (secondary N) is 3. The molecule has 5 amide bonds. The number of ether oxygens (including phenoxy) is 1. The molecule has 1 spiro atoms. The lowest BCUT2D eigenvalue weighted by molar-refractivity contribution is -0.144. The third-order valence-electron chi connectivity index (χ3n) is 9.14. The SMILES string of the molecule is CC(C)C1NC(=O)[C@H](C)N(C)C(=O)[C@H]([C@@H](C)O)NC(=O)COc2cccc(c2)CC2(CCN(C(=O)c3ccncc3)CC2)CNC1=O. The summed E-state index contributed by atoms with van der Waals surface area (Å²) in [4.78, 5) is 73.2. The number of aliphatic hydroxyl groups is 1. The molecule has 1 aromatic heterocycles. The summed E-state index contributed by atoms with van der Waals surface area (Å²) in [5.74, 6) is -2.09. The molecule has 2 aromatic rings. The van der Waals surface area contributed by atoms with Crippen molar-refractivity contribution in [3.05, 3.63) is 59.9 Å². The topological polar surface area (TPSA) is 170 Å². The van der Waals surface area contributed by atoms with Crippen molar-refractivity contribution in [1.29, 1.82) is 0 Å². The van der Waals surface area contributed by atoms with E-state index in [1.54, 1.807) is 30.6 Å². The van der Waals surface area contributed by atoms with Gasteiger partial charge in [-0.1, -0.05) is 26.0 Å². The van der Waals surface area contributed by atoms with Crippen LogP contribution in [0.25, 0.3) is 0 Å². The van der Waals surface area contributed by atoms with Gasteiger partial charge >= 0.3 is 0 Å². The predicted octanol–water partition coefficient (Wildman–Crippen LogP) is 0.909. The quantitative estimate of drug-likeness (QED) is 0.380. The van der Waals surface area contributed by atoms with Gasteiger partial charge in [0.2, 0.25) is 17.7 Å². The molecule has 4 atom stereocenters. The number of carbonyl (C=O) groups is 5. The molecular formula is C34H46N6O7. The first-order valence-electron chi connectivity index (χ1n) is 16.0. The van der Waals surface area contributed by atoms with Crippen LogP contribution in [0.15, 0.2) is 48.8 Å². The number of aromatic nitrogens is 1. The molecule has 4 rings (SSSR count). The fourth-order valence-corrected chi connectivity index (χ4v) is 5.99. The number of piperidine rings is 1. The fraction of sp³-hybridized carbons (Fsp3) is 0.529. The van der Waals surface area contributed by atoms with Crippen molar-refractivity contribution in [3.63, 3.8) is 0 Å². The number of rotatable bonds is 3. The molecule has 4 N–H and O–H groups in total. The van der Waals surface area contributed by atoms with Crippen LogP contribution in [0.4, 0.5) is 0 Å². The molecule has 254 valence electrons. The van der Waals surface area contributed by atoms with Gasteiger partial charge in [0.05, 0.1) is 6.10 Å². The van der Waals surface area contributed by atoms with Crippen LogP contribution in [0.5, 0.6) is 5.75 Å². The standard InChI is InChI=1S/C34H46N6O7/c1-21(2)28-31(44)36-20-34(11-15-40(16-12-34)32(45)25-9-13-35-14-10-25)18-24-7-6-8-26(17-24)47-19-27(42)37-29(23(4)41)33(46)39(5)22(3)30(43)38-28/h6-10,13-14,17,21-23,28-29,41H,11-12,15-16,18-20H2,1-5H3,(H,36,44)(H,37,42)(H,38,43)/t22-,23+,28?,29-/m0/s1. The van der Waals surface area contributed by atoms with E-state index in [2.05, 4.69) is 20.9 Å². The second-order valence-electron chi connectivity index (χ2n) is 13.0. The van der Waals surface area contributed by atoms with Crippen molar-refractivity contribution in [2.45, 2.75) is 71.2 Å². The number of aliphatic hydroxyl groups excluding tert-OH is 1. The van der Waals surface area contributed by atoms with Gasteiger partial charge in [-0.25, -0.2) is 0 Å². The molecule has 0 aliphatic carbocycles.